The second kappa shape index (κ2) is 5.52. The highest BCUT2D eigenvalue weighted by atomic mass is 79.9. The predicted molar refractivity (Wildman–Crippen MR) is 61.4 cm³/mol. The molecule has 0 radical (unpaired) electrons. The summed E-state index contributed by atoms with van der Waals surface area (Å²) in [5, 5.41) is 17.6. The molecule has 0 heterocycles. The van der Waals surface area contributed by atoms with Crippen molar-refractivity contribution in [3.05, 3.63) is 28.2 Å². The third-order valence-corrected chi connectivity index (χ3v) is 2.62. The van der Waals surface area contributed by atoms with Gasteiger partial charge >= 0.3 is 5.97 Å². The van der Waals surface area contributed by atoms with Gasteiger partial charge in [0.25, 0.3) is 0 Å². The van der Waals surface area contributed by atoms with E-state index in [4.69, 9.17) is 15.1 Å². The van der Waals surface area contributed by atoms with Gasteiger partial charge in [-0.25, -0.2) is 4.79 Å². The van der Waals surface area contributed by atoms with Gasteiger partial charge in [-0.3, -0.25) is 0 Å². The van der Waals surface area contributed by atoms with Crippen molar-refractivity contribution in [2.75, 3.05) is 0 Å². The Kier molecular flexibility index (Phi) is 4.32. The zero-order chi connectivity index (χ0) is 12.1. The van der Waals surface area contributed by atoms with E-state index in [1.54, 1.807) is 6.07 Å². The summed E-state index contributed by atoms with van der Waals surface area (Å²) >= 11 is 3.24. The Morgan fingerprint density at radius 3 is 2.88 bits per heavy atom. The molecular formula is C11H10BrNO3. The van der Waals surface area contributed by atoms with Crippen molar-refractivity contribution >= 4 is 21.9 Å². The van der Waals surface area contributed by atoms with Crippen LogP contribution in [-0.4, -0.2) is 17.2 Å². The Hall–Kier alpha value is -1.54. The minimum absolute atomic E-state index is 0.131. The first-order valence-electron chi connectivity index (χ1n) is 4.67. The van der Waals surface area contributed by atoms with Crippen molar-refractivity contribution in [3.63, 3.8) is 0 Å². The molecule has 0 aliphatic rings. The second-order valence-corrected chi connectivity index (χ2v) is 3.95. The number of nitrogens with zero attached hydrogens (tertiary/aromatic N) is 1. The highest BCUT2D eigenvalue weighted by Crippen LogP contribution is 2.27. The average molecular weight is 284 g/mol. The predicted octanol–water partition coefficient (Wildman–Crippen LogP) is 2.83. The summed E-state index contributed by atoms with van der Waals surface area (Å²) in [6, 6.07) is 6.43. The van der Waals surface area contributed by atoms with E-state index < -0.39 is 12.1 Å². The topological polar surface area (TPSA) is 70.3 Å². The van der Waals surface area contributed by atoms with Crippen LogP contribution in [0, 0.1) is 11.3 Å². The molecule has 84 valence electrons. The summed E-state index contributed by atoms with van der Waals surface area (Å²) in [4.78, 5) is 10.8. The fourth-order valence-electron chi connectivity index (χ4n) is 1.08. The summed E-state index contributed by atoms with van der Waals surface area (Å²) < 4.78 is 5.99. The maximum absolute atomic E-state index is 10.8. The largest absolute Gasteiger partial charge is 0.478 e. The van der Waals surface area contributed by atoms with Crippen LogP contribution in [0.25, 0.3) is 0 Å². The molecule has 1 N–H and O–H groups in total. The van der Waals surface area contributed by atoms with Crippen LogP contribution >= 0.6 is 15.9 Å². The van der Waals surface area contributed by atoms with E-state index in [0.29, 0.717) is 16.6 Å². The van der Waals surface area contributed by atoms with E-state index in [1.165, 1.54) is 12.1 Å². The van der Waals surface area contributed by atoms with E-state index in [2.05, 4.69) is 15.9 Å². The molecule has 4 nitrogen and oxygen atoms in total. The van der Waals surface area contributed by atoms with Gasteiger partial charge in [0.1, 0.15) is 11.8 Å². The third-order valence-electron chi connectivity index (χ3n) is 1.96. The molecule has 0 amide bonds. The number of carboxylic acid groups (broad SMARTS) is 1. The molecule has 1 atom stereocenters. The summed E-state index contributed by atoms with van der Waals surface area (Å²) in [5.41, 5.74) is 0.131. The monoisotopic (exact) mass is 283 g/mol. The van der Waals surface area contributed by atoms with Crippen molar-refractivity contribution in [3.8, 4) is 11.8 Å². The number of rotatable bonds is 4. The number of nitriles is 1. The Morgan fingerprint density at radius 1 is 1.69 bits per heavy atom. The molecule has 0 bridgehead atoms. The lowest BCUT2D eigenvalue weighted by Crippen LogP contribution is -2.13. The first-order chi connectivity index (χ1) is 7.58. The number of halogens is 1. The Labute approximate surface area is 102 Å². The van der Waals surface area contributed by atoms with Crippen LogP contribution < -0.4 is 4.74 Å². The zero-order valence-corrected chi connectivity index (χ0v) is 10.2. The summed E-state index contributed by atoms with van der Waals surface area (Å²) in [7, 11) is 0. The molecule has 1 rings (SSSR count). The van der Waals surface area contributed by atoms with Crippen molar-refractivity contribution in [2.24, 2.45) is 0 Å². The number of carboxylic acids is 1. The Bertz CT molecular complexity index is 439. The third kappa shape index (κ3) is 2.97. The molecule has 0 saturated heterocycles. The molecule has 1 unspecified atom stereocenters. The number of aromatic carboxylic acids is 1. The number of hydrogen-bond donors (Lipinski definition) is 1. The van der Waals surface area contributed by atoms with E-state index >= 15 is 0 Å². The molecule has 1 aromatic rings. The van der Waals surface area contributed by atoms with Crippen molar-refractivity contribution < 1.29 is 14.6 Å². The molecule has 0 aromatic heterocycles. The summed E-state index contributed by atoms with van der Waals surface area (Å²) in [5.74, 6) is -0.657. The van der Waals surface area contributed by atoms with Gasteiger partial charge in [-0.15, -0.1) is 0 Å². The van der Waals surface area contributed by atoms with Crippen molar-refractivity contribution in [1.82, 2.24) is 0 Å². The molecule has 0 aliphatic heterocycles. The highest BCUT2D eigenvalue weighted by Gasteiger charge is 2.12. The molecule has 0 saturated carbocycles. The van der Waals surface area contributed by atoms with Crippen molar-refractivity contribution in [1.29, 1.82) is 5.26 Å². The van der Waals surface area contributed by atoms with Crippen LogP contribution in [-0.2, 0) is 0 Å². The van der Waals surface area contributed by atoms with Gasteiger partial charge in [0.15, 0.2) is 6.10 Å². The van der Waals surface area contributed by atoms with Gasteiger partial charge in [0.05, 0.1) is 10.0 Å². The van der Waals surface area contributed by atoms with Gasteiger partial charge in [0, 0.05) is 0 Å². The quantitative estimate of drug-likeness (QED) is 0.922. The Morgan fingerprint density at radius 2 is 2.38 bits per heavy atom. The minimum Gasteiger partial charge on any atom is -0.478 e. The van der Waals surface area contributed by atoms with Gasteiger partial charge in [-0.1, -0.05) is 6.92 Å². The van der Waals surface area contributed by atoms with E-state index in [0.717, 1.165) is 0 Å². The van der Waals surface area contributed by atoms with Crippen LogP contribution in [0.15, 0.2) is 22.7 Å². The van der Waals surface area contributed by atoms with E-state index in [1.807, 2.05) is 13.0 Å². The molecular weight excluding hydrogens is 274 g/mol. The van der Waals surface area contributed by atoms with Crippen LogP contribution in [0.2, 0.25) is 0 Å². The number of carbonyl (C=O) groups is 1. The lowest BCUT2D eigenvalue weighted by atomic mass is 10.2. The average Bonchev–Trinajstić information content (AvgIpc) is 2.27. The molecule has 16 heavy (non-hydrogen) atoms. The molecule has 0 aliphatic carbocycles. The highest BCUT2D eigenvalue weighted by molar-refractivity contribution is 9.10. The number of benzene rings is 1. The summed E-state index contributed by atoms with van der Waals surface area (Å²) in [6.45, 7) is 1.82. The molecule has 0 fully saturated rings. The molecule has 5 heteroatoms. The van der Waals surface area contributed by atoms with Crippen molar-refractivity contribution in [2.45, 2.75) is 19.4 Å². The lowest BCUT2D eigenvalue weighted by molar-refractivity contribution is 0.0696. The van der Waals surface area contributed by atoms with Gasteiger partial charge in [0.2, 0.25) is 0 Å². The van der Waals surface area contributed by atoms with Crippen LogP contribution in [0.4, 0.5) is 0 Å². The minimum atomic E-state index is -1.03. The fraction of sp³-hybridized carbons (Fsp3) is 0.273. The van der Waals surface area contributed by atoms with Crippen LogP contribution in [0.3, 0.4) is 0 Å². The summed E-state index contributed by atoms with van der Waals surface area (Å²) in [6.07, 6.45) is -0.0272. The fourth-order valence-corrected chi connectivity index (χ4v) is 1.42. The number of ether oxygens (including phenoxy) is 1. The van der Waals surface area contributed by atoms with Gasteiger partial charge < -0.3 is 9.84 Å². The lowest BCUT2D eigenvalue weighted by Gasteiger charge is -2.12. The Balaban J connectivity index is 2.99. The smallest absolute Gasteiger partial charge is 0.335 e. The van der Waals surface area contributed by atoms with Gasteiger partial charge in [-0.2, -0.15) is 5.26 Å². The number of hydrogen-bond acceptors (Lipinski definition) is 3. The van der Waals surface area contributed by atoms with Crippen LogP contribution in [0.5, 0.6) is 5.75 Å². The zero-order valence-electron chi connectivity index (χ0n) is 8.61. The standard InChI is InChI=1S/C11H10BrNO3/c1-2-8(6-13)16-10-5-7(11(14)15)3-4-9(10)12/h3-5,8H,2H2,1H3,(H,14,15). The first kappa shape index (κ1) is 12.5. The first-order valence-corrected chi connectivity index (χ1v) is 5.47. The molecule has 0 spiro atoms. The molecule has 1 aromatic carbocycles. The maximum Gasteiger partial charge on any atom is 0.335 e. The SMILES string of the molecule is CCC(C#N)Oc1cc(C(=O)O)ccc1Br. The van der Waals surface area contributed by atoms with Crippen LogP contribution in [0.1, 0.15) is 23.7 Å². The second-order valence-electron chi connectivity index (χ2n) is 3.09. The maximum atomic E-state index is 10.8. The normalized spacial score (nSPS) is 11.6. The van der Waals surface area contributed by atoms with E-state index in [-0.39, 0.29) is 5.56 Å². The van der Waals surface area contributed by atoms with Gasteiger partial charge in [-0.05, 0) is 40.5 Å². The van der Waals surface area contributed by atoms with E-state index in [9.17, 15) is 4.79 Å².